The van der Waals surface area contributed by atoms with Gasteiger partial charge in [0.25, 0.3) is 11.5 Å². The van der Waals surface area contributed by atoms with E-state index in [0.717, 1.165) is 17.5 Å². The van der Waals surface area contributed by atoms with Crippen molar-refractivity contribution in [3.05, 3.63) is 104 Å². The Kier molecular flexibility index (Phi) is 7.66. The molecule has 5 aromatic rings. The molecule has 1 aromatic carbocycles. The van der Waals surface area contributed by atoms with Crippen LogP contribution in [0.4, 0.5) is 4.39 Å². The monoisotopic (exact) mass is 585 g/mol. The molecule has 0 atom stereocenters. The van der Waals surface area contributed by atoms with Gasteiger partial charge in [-0.05, 0) is 67.6 Å². The molecule has 6 rings (SSSR count). The van der Waals surface area contributed by atoms with Crippen LogP contribution in [0.5, 0.6) is 0 Å². The number of thiophene rings is 1. The SMILES string of the molecule is CCOC(=O)c1c(CCc2ccc(F)cc2)nc2c(c1-c1ccc(C(=O)NCc3cccnc3)s1)c(=O)n1n2CCC1. The number of nitrogens with zero attached hydrogens (tertiary/aromatic N) is 4. The highest BCUT2D eigenvalue weighted by Crippen LogP contribution is 2.38. The Morgan fingerprint density at radius 2 is 1.86 bits per heavy atom. The average molecular weight is 586 g/mol. The number of nitrogens with one attached hydrogen (secondary N) is 1. The summed E-state index contributed by atoms with van der Waals surface area (Å²) in [5, 5.41) is 3.24. The van der Waals surface area contributed by atoms with Crippen molar-refractivity contribution >= 4 is 34.2 Å². The molecular weight excluding hydrogens is 557 g/mol. The zero-order chi connectivity index (χ0) is 29.2. The molecule has 0 saturated heterocycles. The first-order valence-electron chi connectivity index (χ1n) is 13.8. The predicted octanol–water partition coefficient (Wildman–Crippen LogP) is 4.76. The van der Waals surface area contributed by atoms with Crippen LogP contribution in [-0.4, -0.2) is 37.8 Å². The summed E-state index contributed by atoms with van der Waals surface area (Å²) >= 11 is 1.21. The third-order valence-electron chi connectivity index (χ3n) is 7.27. The van der Waals surface area contributed by atoms with Gasteiger partial charge in [0.05, 0.1) is 28.1 Å². The van der Waals surface area contributed by atoms with Gasteiger partial charge in [0.15, 0.2) is 5.65 Å². The number of ether oxygens (including phenoxy) is 1. The van der Waals surface area contributed by atoms with Gasteiger partial charge in [-0.25, -0.2) is 18.9 Å². The van der Waals surface area contributed by atoms with Gasteiger partial charge in [0, 0.05) is 42.5 Å². The van der Waals surface area contributed by atoms with Crippen LogP contribution < -0.4 is 10.9 Å². The number of hydrogen-bond acceptors (Lipinski definition) is 7. The normalized spacial score (nSPS) is 12.4. The molecule has 42 heavy (non-hydrogen) atoms. The Hall–Kier alpha value is -4.64. The Morgan fingerprint density at radius 1 is 1.05 bits per heavy atom. The fraction of sp³-hybridized carbons (Fsp3) is 0.258. The van der Waals surface area contributed by atoms with Gasteiger partial charge in [-0.1, -0.05) is 18.2 Å². The van der Waals surface area contributed by atoms with E-state index in [9.17, 15) is 18.8 Å². The van der Waals surface area contributed by atoms with Crippen LogP contribution in [0.2, 0.25) is 0 Å². The molecule has 0 bridgehead atoms. The first-order chi connectivity index (χ1) is 20.4. The van der Waals surface area contributed by atoms with E-state index in [-0.39, 0.29) is 29.5 Å². The minimum absolute atomic E-state index is 0.144. The fourth-order valence-corrected chi connectivity index (χ4v) is 6.29. The lowest BCUT2D eigenvalue weighted by atomic mass is 9.97. The molecule has 0 fully saturated rings. The number of aromatic nitrogens is 4. The quantitative estimate of drug-likeness (QED) is 0.250. The second-order valence-corrected chi connectivity index (χ2v) is 11.1. The molecule has 0 aliphatic carbocycles. The van der Waals surface area contributed by atoms with Crippen molar-refractivity contribution in [3.63, 3.8) is 0 Å². The molecule has 0 unspecified atom stereocenters. The van der Waals surface area contributed by atoms with Gasteiger partial charge >= 0.3 is 5.97 Å². The number of carbonyl (C=O) groups excluding carboxylic acids is 2. The van der Waals surface area contributed by atoms with E-state index in [1.165, 1.54) is 23.5 Å². The number of rotatable bonds is 9. The van der Waals surface area contributed by atoms with Crippen LogP contribution >= 0.6 is 11.3 Å². The lowest BCUT2D eigenvalue weighted by Gasteiger charge is -2.14. The maximum Gasteiger partial charge on any atom is 0.340 e. The molecule has 9 nitrogen and oxygen atoms in total. The summed E-state index contributed by atoms with van der Waals surface area (Å²) in [6.07, 6.45) is 5.04. The topological polar surface area (TPSA) is 108 Å². The summed E-state index contributed by atoms with van der Waals surface area (Å²) in [5.41, 5.74) is 3.18. The first kappa shape index (κ1) is 27.5. The minimum Gasteiger partial charge on any atom is -0.462 e. The molecule has 0 radical (unpaired) electrons. The van der Waals surface area contributed by atoms with Gasteiger partial charge in [0.2, 0.25) is 0 Å². The molecule has 1 amide bonds. The molecule has 0 saturated carbocycles. The van der Waals surface area contributed by atoms with Gasteiger partial charge < -0.3 is 10.1 Å². The van der Waals surface area contributed by atoms with E-state index in [1.807, 2.05) is 10.7 Å². The summed E-state index contributed by atoms with van der Waals surface area (Å²) in [5.74, 6) is -1.18. The second-order valence-electron chi connectivity index (χ2n) is 9.97. The first-order valence-corrected chi connectivity index (χ1v) is 14.6. The van der Waals surface area contributed by atoms with Crippen molar-refractivity contribution in [3.8, 4) is 10.4 Å². The standard InChI is InChI=1S/C31H28FN5O4S/c1-2-41-31(40)25-22(11-8-19-6-9-21(32)10-7-19)35-28-27(30(39)37-16-4-15-36(28)37)26(25)23-12-13-24(42-23)29(38)34-18-20-5-3-14-33-17-20/h3,5-7,9-10,12-14,17H,2,4,8,11,15-16,18H2,1H3,(H,34,38). The molecule has 4 aromatic heterocycles. The molecule has 1 N–H and O–H groups in total. The van der Waals surface area contributed by atoms with E-state index in [0.29, 0.717) is 64.5 Å². The van der Waals surface area contributed by atoms with Crippen molar-refractivity contribution in [2.45, 2.75) is 45.8 Å². The Balaban J connectivity index is 1.46. The minimum atomic E-state index is -0.581. The molecule has 0 spiro atoms. The number of fused-ring (bicyclic) bond motifs is 3. The summed E-state index contributed by atoms with van der Waals surface area (Å²) in [6, 6.07) is 13.3. The van der Waals surface area contributed by atoms with Crippen LogP contribution in [0, 0.1) is 5.82 Å². The molecule has 5 heterocycles. The number of esters is 1. The Morgan fingerprint density at radius 3 is 2.62 bits per heavy atom. The van der Waals surface area contributed by atoms with Crippen LogP contribution in [-0.2, 0) is 37.2 Å². The summed E-state index contributed by atoms with van der Waals surface area (Å²) in [6.45, 7) is 3.37. The van der Waals surface area contributed by atoms with Crippen molar-refractivity contribution in [1.82, 2.24) is 24.6 Å². The zero-order valence-electron chi connectivity index (χ0n) is 22.9. The smallest absolute Gasteiger partial charge is 0.340 e. The van der Waals surface area contributed by atoms with Crippen molar-refractivity contribution in [1.29, 1.82) is 0 Å². The van der Waals surface area contributed by atoms with Crippen molar-refractivity contribution in [2.24, 2.45) is 0 Å². The van der Waals surface area contributed by atoms with Crippen LogP contribution in [0.3, 0.4) is 0 Å². The fourth-order valence-electron chi connectivity index (χ4n) is 5.31. The van der Waals surface area contributed by atoms with E-state index in [1.54, 1.807) is 54.3 Å². The molecule has 1 aliphatic rings. The number of aryl methyl sites for hydroxylation is 3. The molecule has 1 aliphatic heterocycles. The molecule has 214 valence electrons. The van der Waals surface area contributed by atoms with Gasteiger partial charge in [-0.2, -0.15) is 0 Å². The summed E-state index contributed by atoms with van der Waals surface area (Å²) in [4.78, 5) is 50.3. The largest absolute Gasteiger partial charge is 0.462 e. The number of carbonyl (C=O) groups is 2. The van der Waals surface area contributed by atoms with Crippen LogP contribution in [0.15, 0.2) is 65.7 Å². The van der Waals surface area contributed by atoms with Gasteiger partial charge in [-0.15, -0.1) is 11.3 Å². The lowest BCUT2D eigenvalue weighted by molar-refractivity contribution is 0.0525. The van der Waals surface area contributed by atoms with E-state index in [2.05, 4.69) is 10.3 Å². The Bertz CT molecular complexity index is 1840. The highest BCUT2D eigenvalue weighted by Gasteiger charge is 2.30. The van der Waals surface area contributed by atoms with Gasteiger partial charge in [-0.3, -0.25) is 19.3 Å². The second kappa shape index (κ2) is 11.7. The average Bonchev–Trinajstić information content (AvgIpc) is 3.74. The number of hydrogen-bond donors (Lipinski definition) is 1. The van der Waals surface area contributed by atoms with Crippen LogP contribution in [0.25, 0.3) is 21.5 Å². The van der Waals surface area contributed by atoms with Crippen molar-refractivity contribution in [2.75, 3.05) is 6.61 Å². The third-order valence-corrected chi connectivity index (χ3v) is 8.37. The van der Waals surface area contributed by atoms with E-state index >= 15 is 0 Å². The number of benzene rings is 1. The predicted molar refractivity (Wildman–Crippen MR) is 157 cm³/mol. The number of pyridine rings is 2. The number of halogens is 1. The highest BCUT2D eigenvalue weighted by molar-refractivity contribution is 7.17. The molecule has 11 heteroatoms. The highest BCUT2D eigenvalue weighted by atomic mass is 32.1. The molecular formula is C31H28FN5O4S. The van der Waals surface area contributed by atoms with E-state index < -0.39 is 5.97 Å². The lowest BCUT2D eigenvalue weighted by Crippen LogP contribution is -2.21. The zero-order valence-corrected chi connectivity index (χ0v) is 23.7. The van der Waals surface area contributed by atoms with Crippen LogP contribution in [0.1, 0.15) is 50.2 Å². The Labute approximate surface area is 244 Å². The third kappa shape index (κ3) is 5.23. The van der Waals surface area contributed by atoms with E-state index in [4.69, 9.17) is 9.72 Å². The number of amides is 1. The summed E-state index contributed by atoms with van der Waals surface area (Å²) in [7, 11) is 0. The van der Waals surface area contributed by atoms with Gasteiger partial charge in [0.1, 0.15) is 5.82 Å². The van der Waals surface area contributed by atoms with Crippen molar-refractivity contribution < 1.29 is 18.7 Å². The summed E-state index contributed by atoms with van der Waals surface area (Å²) < 4.78 is 22.5. The maximum atomic E-state index is 13.7. The maximum absolute atomic E-state index is 13.7.